The molecule has 0 fully saturated rings. The second kappa shape index (κ2) is 10.0. The first kappa shape index (κ1) is 25.0. The summed E-state index contributed by atoms with van der Waals surface area (Å²) in [5.41, 5.74) is 5.52. The lowest BCUT2D eigenvalue weighted by molar-refractivity contribution is -0.111. The van der Waals surface area contributed by atoms with Crippen molar-refractivity contribution in [2.45, 2.75) is 27.7 Å². The highest BCUT2D eigenvalue weighted by molar-refractivity contribution is 6.61. The van der Waals surface area contributed by atoms with Crippen molar-refractivity contribution in [3.05, 3.63) is 106 Å². The molecule has 0 unspecified atom stereocenters. The van der Waals surface area contributed by atoms with Crippen molar-refractivity contribution in [3.63, 3.8) is 0 Å². The Balaban J connectivity index is 1.71. The second-order valence-electron chi connectivity index (χ2n) is 9.33. The van der Waals surface area contributed by atoms with E-state index in [0.29, 0.717) is 34.0 Å². The number of hydrogen-bond donors (Lipinski definition) is 1. The number of H-pyrrole nitrogens is 1. The molecular weight excluding hydrogens is 474 g/mol. The summed E-state index contributed by atoms with van der Waals surface area (Å²) in [6.45, 7) is 14.2. The van der Waals surface area contributed by atoms with Crippen LogP contribution in [-0.2, 0) is 4.79 Å². The maximum absolute atomic E-state index is 14.0. The van der Waals surface area contributed by atoms with E-state index < -0.39 is 0 Å². The Kier molecular flexibility index (Phi) is 6.59. The number of benzene rings is 3. The van der Waals surface area contributed by atoms with Crippen molar-refractivity contribution in [1.82, 2.24) is 9.78 Å². The summed E-state index contributed by atoms with van der Waals surface area (Å²) in [6.07, 6.45) is 0. The fraction of sp³-hybridized carbons (Fsp3) is 0.194. The molecule has 0 saturated heterocycles. The van der Waals surface area contributed by atoms with E-state index in [0.717, 1.165) is 29.9 Å². The Morgan fingerprint density at radius 1 is 0.868 bits per heavy atom. The highest BCUT2D eigenvalue weighted by Crippen LogP contribution is 2.38. The summed E-state index contributed by atoms with van der Waals surface area (Å²) in [4.78, 5) is 36.4. The largest absolute Gasteiger partial charge is 0.372 e. The summed E-state index contributed by atoms with van der Waals surface area (Å²) in [6, 6.07) is 22.7. The van der Waals surface area contributed by atoms with Gasteiger partial charge in [-0.3, -0.25) is 19.6 Å². The zero-order chi connectivity index (χ0) is 27.0. The molecule has 1 aliphatic rings. The first-order valence-electron chi connectivity index (χ1n) is 12.8. The quantitative estimate of drug-likeness (QED) is 0.344. The summed E-state index contributed by atoms with van der Waals surface area (Å²) in [5, 5.41) is 3.16. The van der Waals surface area contributed by atoms with Gasteiger partial charge in [-0.15, -0.1) is 0 Å². The van der Waals surface area contributed by atoms with Gasteiger partial charge >= 0.3 is 0 Å². The fourth-order valence-electron chi connectivity index (χ4n) is 5.00. The minimum atomic E-state index is -0.346. The number of amides is 1. The number of aromatic nitrogens is 2. The van der Waals surface area contributed by atoms with E-state index in [1.807, 2.05) is 74.5 Å². The number of aryl methyl sites for hydroxylation is 2. The van der Waals surface area contributed by atoms with Crippen molar-refractivity contribution < 1.29 is 4.79 Å². The molecule has 5 rings (SSSR count). The molecule has 0 radical (unpaired) electrons. The van der Waals surface area contributed by atoms with E-state index in [9.17, 15) is 9.59 Å². The highest BCUT2D eigenvalue weighted by atomic mass is 16.2. The van der Waals surface area contributed by atoms with Gasteiger partial charge in [0.15, 0.2) is 0 Å². The van der Waals surface area contributed by atoms with E-state index >= 15 is 0 Å². The number of aliphatic imine (C=N–C) groups is 1. The lowest BCUT2D eigenvalue weighted by atomic mass is 9.98. The standard InChI is InChI=1S/C31H31N5O2/c1-6-34(7-2)25-18-20(3)27(21(4)19-25)32-28-22(5)26-29(35(31(28)38)23-14-10-8-11-15-23)33-36(30(26)37)24-16-12-9-13-17-24/h8-19,33H,5-7H2,1-4H3. The third-order valence-electron chi connectivity index (χ3n) is 6.95. The van der Waals surface area contributed by atoms with Crippen LogP contribution in [-0.4, -0.2) is 34.5 Å². The van der Waals surface area contributed by atoms with Gasteiger partial charge in [0, 0.05) is 24.4 Å². The first-order valence-corrected chi connectivity index (χ1v) is 12.8. The maximum atomic E-state index is 14.0. The normalized spacial score (nSPS) is 14.2. The number of rotatable bonds is 6. The molecule has 0 atom stereocenters. The number of nitrogens with zero attached hydrogens (tertiary/aromatic N) is 4. The molecular formula is C31H31N5O2. The number of fused-ring (bicyclic) bond motifs is 1. The Hall–Kier alpha value is -4.65. The second-order valence-corrected chi connectivity index (χ2v) is 9.33. The first-order chi connectivity index (χ1) is 18.3. The number of carbonyl (C=O) groups excluding carboxylic acids is 1. The van der Waals surface area contributed by atoms with Crippen molar-refractivity contribution in [2.24, 2.45) is 4.99 Å². The molecule has 38 heavy (non-hydrogen) atoms. The third kappa shape index (κ3) is 4.16. The topological polar surface area (TPSA) is 73.7 Å². The molecule has 7 heteroatoms. The predicted molar refractivity (Wildman–Crippen MR) is 156 cm³/mol. The number of hydrogen-bond acceptors (Lipinski definition) is 4. The van der Waals surface area contributed by atoms with Gasteiger partial charge in [0.25, 0.3) is 11.5 Å². The molecule has 0 spiro atoms. The van der Waals surface area contributed by atoms with Gasteiger partial charge in [-0.05, 0) is 75.2 Å². The summed E-state index contributed by atoms with van der Waals surface area (Å²) < 4.78 is 1.44. The minimum absolute atomic E-state index is 0.152. The number of para-hydroxylation sites is 2. The predicted octanol–water partition coefficient (Wildman–Crippen LogP) is 6.09. The van der Waals surface area contributed by atoms with Gasteiger partial charge in [0.05, 0.1) is 22.6 Å². The smallest absolute Gasteiger partial charge is 0.283 e. The molecule has 4 aromatic rings. The third-order valence-corrected chi connectivity index (χ3v) is 6.95. The van der Waals surface area contributed by atoms with Crippen molar-refractivity contribution >= 4 is 40.1 Å². The van der Waals surface area contributed by atoms with Crippen molar-refractivity contribution in [2.75, 3.05) is 22.9 Å². The lowest BCUT2D eigenvalue weighted by Crippen LogP contribution is -2.38. The average Bonchev–Trinajstić information content (AvgIpc) is 3.26. The lowest BCUT2D eigenvalue weighted by Gasteiger charge is -2.28. The van der Waals surface area contributed by atoms with Gasteiger partial charge in [-0.2, -0.15) is 0 Å². The molecule has 192 valence electrons. The van der Waals surface area contributed by atoms with Gasteiger partial charge < -0.3 is 4.90 Å². The zero-order valence-electron chi connectivity index (χ0n) is 22.2. The molecule has 0 aliphatic carbocycles. The molecule has 0 saturated carbocycles. The van der Waals surface area contributed by atoms with Crippen LogP contribution in [0.3, 0.4) is 0 Å². The van der Waals surface area contributed by atoms with Crippen molar-refractivity contribution in [3.8, 4) is 5.69 Å². The molecule has 7 nitrogen and oxygen atoms in total. The van der Waals surface area contributed by atoms with Gasteiger partial charge in [0.1, 0.15) is 11.5 Å². The monoisotopic (exact) mass is 505 g/mol. The van der Waals surface area contributed by atoms with Crippen LogP contribution in [0.25, 0.3) is 11.3 Å². The Bertz CT molecular complexity index is 1590. The van der Waals surface area contributed by atoms with Gasteiger partial charge in [0.2, 0.25) is 0 Å². The summed E-state index contributed by atoms with van der Waals surface area (Å²) in [7, 11) is 0. The van der Waals surface area contributed by atoms with Crippen LogP contribution >= 0.6 is 0 Å². The highest BCUT2D eigenvalue weighted by Gasteiger charge is 2.38. The summed E-state index contributed by atoms with van der Waals surface area (Å²) in [5.74, 6) is 0.0334. The maximum Gasteiger partial charge on any atom is 0.283 e. The molecule has 0 bridgehead atoms. The molecule has 1 N–H and O–H groups in total. The molecule has 1 amide bonds. The Morgan fingerprint density at radius 2 is 1.42 bits per heavy atom. The molecule has 2 heterocycles. The fourth-order valence-corrected chi connectivity index (χ4v) is 5.00. The van der Waals surface area contributed by atoms with Crippen LogP contribution in [0.4, 0.5) is 22.9 Å². The van der Waals surface area contributed by atoms with E-state index in [1.165, 1.54) is 9.58 Å². The number of anilines is 3. The van der Waals surface area contributed by atoms with E-state index in [1.54, 1.807) is 0 Å². The van der Waals surface area contributed by atoms with Crippen LogP contribution in [0.1, 0.15) is 30.5 Å². The van der Waals surface area contributed by atoms with E-state index in [-0.39, 0.29) is 17.2 Å². The van der Waals surface area contributed by atoms with Crippen LogP contribution in [0, 0.1) is 13.8 Å². The number of aromatic amines is 1. The molecule has 3 aromatic carbocycles. The average molecular weight is 506 g/mol. The van der Waals surface area contributed by atoms with Crippen LogP contribution < -0.4 is 15.4 Å². The Morgan fingerprint density at radius 3 is 1.97 bits per heavy atom. The molecule has 1 aromatic heterocycles. The van der Waals surface area contributed by atoms with Gasteiger partial charge in [-0.25, -0.2) is 9.67 Å². The molecule has 1 aliphatic heterocycles. The van der Waals surface area contributed by atoms with E-state index in [4.69, 9.17) is 4.99 Å². The van der Waals surface area contributed by atoms with E-state index in [2.05, 4.69) is 42.6 Å². The zero-order valence-corrected chi connectivity index (χ0v) is 22.2. The van der Waals surface area contributed by atoms with Crippen LogP contribution in [0.5, 0.6) is 0 Å². The Labute approximate surface area is 222 Å². The summed E-state index contributed by atoms with van der Waals surface area (Å²) >= 11 is 0. The van der Waals surface area contributed by atoms with Gasteiger partial charge in [-0.1, -0.05) is 43.0 Å². The SMILES string of the molecule is C=C1C(=Nc2c(C)cc(N(CC)CC)cc2C)C(=O)N(c2ccccc2)c2[nH]n(-c3ccccc3)c(=O)c21. The van der Waals surface area contributed by atoms with Crippen molar-refractivity contribution in [1.29, 1.82) is 0 Å². The van der Waals surface area contributed by atoms with Crippen LogP contribution in [0.2, 0.25) is 0 Å². The number of carbonyl (C=O) groups is 1. The number of nitrogens with one attached hydrogen (secondary N) is 1. The minimum Gasteiger partial charge on any atom is -0.372 e. The van der Waals surface area contributed by atoms with Crippen LogP contribution in [0.15, 0.2) is 89.2 Å².